The third-order valence-electron chi connectivity index (χ3n) is 3.94. The van der Waals surface area contributed by atoms with Gasteiger partial charge >= 0.3 is 0 Å². The van der Waals surface area contributed by atoms with Crippen molar-refractivity contribution in [3.8, 4) is 0 Å². The van der Waals surface area contributed by atoms with Gasteiger partial charge in [-0.1, -0.05) is 12.1 Å². The monoisotopic (exact) mass is 278 g/mol. The number of anilines is 1. The molecule has 1 aliphatic rings. The molecule has 1 aliphatic heterocycles. The lowest BCUT2D eigenvalue weighted by Gasteiger charge is -2.28. The molecule has 0 spiro atoms. The second-order valence-corrected chi connectivity index (χ2v) is 5.53. The third kappa shape index (κ3) is 3.95. The van der Waals surface area contributed by atoms with E-state index in [9.17, 15) is 0 Å². The standard InChI is InChI=1S/C16H26N2O2/c1-18-8-3-4-14-10-13(5-6-16(14)18)11-17-15(7-9-19)12-20-2/h5-6,10,15,17,19H,3-4,7-9,11-12H2,1-2H3. The van der Waals surface area contributed by atoms with Crippen LogP contribution in [-0.4, -0.2) is 45.1 Å². The first-order valence-electron chi connectivity index (χ1n) is 7.40. The van der Waals surface area contributed by atoms with Crippen molar-refractivity contribution >= 4 is 5.69 Å². The van der Waals surface area contributed by atoms with Crippen LogP contribution in [0.4, 0.5) is 5.69 Å². The Hall–Kier alpha value is -1.10. The molecule has 20 heavy (non-hydrogen) atoms. The van der Waals surface area contributed by atoms with Crippen molar-refractivity contribution in [1.82, 2.24) is 5.32 Å². The highest BCUT2D eigenvalue weighted by Gasteiger charge is 2.14. The maximum Gasteiger partial charge on any atom is 0.0616 e. The Morgan fingerprint density at radius 1 is 1.45 bits per heavy atom. The number of nitrogens with one attached hydrogen (secondary N) is 1. The highest BCUT2D eigenvalue weighted by atomic mass is 16.5. The summed E-state index contributed by atoms with van der Waals surface area (Å²) in [5, 5.41) is 12.5. The first-order chi connectivity index (χ1) is 9.74. The SMILES string of the molecule is COCC(CCO)NCc1ccc2c(c1)CCCN2C. The van der Waals surface area contributed by atoms with E-state index in [0.29, 0.717) is 6.61 Å². The summed E-state index contributed by atoms with van der Waals surface area (Å²) in [7, 11) is 3.85. The third-order valence-corrected chi connectivity index (χ3v) is 3.94. The molecule has 2 N–H and O–H groups in total. The summed E-state index contributed by atoms with van der Waals surface area (Å²) < 4.78 is 5.17. The van der Waals surface area contributed by atoms with Crippen molar-refractivity contribution < 1.29 is 9.84 Å². The number of rotatable bonds is 7. The summed E-state index contributed by atoms with van der Waals surface area (Å²) in [5.41, 5.74) is 4.12. The molecule has 0 saturated carbocycles. The number of hydrogen-bond donors (Lipinski definition) is 2. The van der Waals surface area contributed by atoms with Gasteiger partial charge in [0.15, 0.2) is 0 Å². The quantitative estimate of drug-likeness (QED) is 0.794. The van der Waals surface area contributed by atoms with E-state index in [1.54, 1.807) is 7.11 Å². The molecule has 1 aromatic rings. The predicted molar refractivity (Wildman–Crippen MR) is 82.2 cm³/mol. The first kappa shape index (κ1) is 15.3. The molecular weight excluding hydrogens is 252 g/mol. The summed E-state index contributed by atoms with van der Waals surface area (Å²) in [5.74, 6) is 0. The number of nitrogens with zero attached hydrogens (tertiary/aromatic N) is 1. The topological polar surface area (TPSA) is 44.7 Å². The molecule has 0 bridgehead atoms. The number of hydrogen-bond acceptors (Lipinski definition) is 4. The second kappa shape index (κ2) is 7.62. The van der Waals surface area contributed by atoms with Crippen molar-refractivity contribution in [1.29, 1.82) is 0 Å². The summed E-state index contributed by atoms with van der Waals surface area (Å²) in [4.78, 5) is 2.33. The molecular formula is C16H26N2O2. The maximum atomic E-state index is 9.05. The minimum atomic E-state index is 0.190. The second-order valence-electron chi connectivity index (χ2n) is 5.53. The van der Waals surface area contributed by atoms with Crippen LogP contribution in [0.1, 0.15) is 24.0 Å². The largest absolute Gasteiger partial charge is 0.396 e. The van der Waals surface area contributed by atoms with E-state index < -0.39 is 0 Å². The zero-order chi connectivity index (χ0) is 14.4. The highest BCUT2D eigenvalue weighted by Crippen LogP contribution is 2.26. The van der Waals surface area contributed by atoms with Crippen molar-refractivity contribution in [2.75, 3.05) is 38.8 Å². The number of aliphatic hydroxyl groups is 1. The van der Waals surface area contributed by atoms with Crippen LogP contribution in [0.2, 0.25) is 0 Å². The molecule has 1 atom stereocenters. The highest BCUT2D eigenvalue weighted by molar-refractivity contribution is 5.56. The molecule has 0 aliphatic carbocycles. The van der Waals surface area contributed by atoms with E-state index in [-0.39, 0.29) is 12.6 Å². The van der Waals surface area contributed by atoms with Crippen LogP contribution in [0.25, 0.3) is 0 Å². The molecule has 4 heteroatoms. The molecule has 0 amide bonds. The van der Waals surface area contributed by atoms with Gasteiger partial charge < -0.3 is 20.1 Å². The van der Waals surface area contributed by atoms with E-state index in [1.165, 1.54) is 29.7 Å². The smallest absolute Gasteiger partial charge is 0.0616 e. The Morgan fingerprint density at radius 3 is 3.05 bits per heavy atom. The summed E-state index contributed by atoms with van der Waals surface area (Å²) in [6, 6.07) is 6.93. The molecule has 0 radical (unpaired) electrons. The fourth-order valence-corrected chi connectivity index (χ4v) is 2.81. The molecule has 1 aromatic carbocycles. The molecule has 1 unspecified atom stereocenters. The van der Waals surface area contributed by atoms with Gasteiger partial charge in [0.1, 0.15) is 0 Å². The lowest BCUT2D eigenvalue weighted by atomic mass is 9.99. The van der Waals surface area contributed by atoms with Crippen LogP contribution in [0, 0.1) is 0 Å². The van der Waals surface area contributed by atoms with Crippen molar-refractivity contribution in [2.45, 2.75) is 31.8 Å². The average molecular weight is 278 g/mol. The van der Waals surface area contributed by atoms with Crippen LogP contribution in [0.15, 0.2) is 18.2 Å². The Balaban J connectivity index is 1.96. The Morgan fingerprint density at radius 2 is 2.30 bits per heavy atom. The lowest BCUT2D eigenvalue weighted by Crippen LogP contribution is -2.33. The Labute approximate surface area is 121 Å². The van der Waals surface area contributed by atoms with Gasteiger partial charge in [-0.25, -0.2) is 0 Å². The lowest BCUT2D eigenvalue weighted by molar-refractivity contribution is 0.148. The van der Waals surface area contributed by atoms with Gasteiger partial charge in [-0.2, -0.15) is 0 Å². The summed E-state index contributed by atoms with van der Waals surface area (Å²) in [6.07, 6.45) is 3.13. The van der Waals surface area contributed by atoms with E-state index in [2.05, 4.69) is 35.5 Å². The maximum absolute atomic E-state index is 9.05. The fraction of sp³-hybridized carbons (Fsp3) is 0.625. The predicted octanol–water partition coefficient (Wildman–Crippen LogP) is 1.56. The van der Waals surface area contributed by atoms with Crippen LogP contribution >= 0.6 is 0 Å². The average Bonchev–Trinajstić information content (AvgIpc) is 2.45. The van der Waals surface area contributed by atoms with Crippen LogP contribution in [0.5, 0.6) is 0 Å². The molecule has 4 nitrogen and oxygen atoms in total. The van der Waals surface area contributed by atoms with Gasteiger partial charge in [-0.15, -0.1) is 0 Å². The van der Waals surface area contributed by atoms with Gasteiger partial charge in [0, 0.05) is 45.6 Å². The summed E-state index contributed by atoms with van der Waals surface area (Å²) >= 11 is 0. The van der Waals surface area contributed by atoms with Crippen molar-refractivity contribution in [3.05, 3.63) is 29.3 Å². The Bertz CT molecular complexity index is 417. The molecule has 0 fully saturated rings. The van der Waals surface area contributed by atoms with Crippen LogP contribution in [0.3, 0.4) is 0 Å². The summed E-state index contributed by atoms with van der Waals surface area (Å²) in [6.45, 7) is 2.80. The van der Waals surface area contributed by atoms with Gasteiger partial charge in [-0.3, -0.25) is 0 Å². The van der Waals surface area contributed by atoms with E-state index in [1.807, 2.05) is 0 Å². The van der Waals surface area contributed by atoms with Crippen molar-refractivity contribution in [3.63, 3.8) is 0 Å². The van der Waals surface area contributed by atoms with E-state index >= 15 is 0 Å². The van der Waals surface area contributed by atoms with Gasteiger partial charge in [0.2, 0.25) is 0 Å². The molecule has 0 aromatic heterocycles. The normalized spacial score (nSPS) is 16.1. The molecule has 2 rings (SSSR count). The zero-order valence-corrected chi connectivity index (χ0v) is 12.6. The van der Waals surface area contributed by atoms with E-state index in [0.717, 1.165) is 19.5 Å². The van der Waals surface area contributed by atoms with Gasteiger partial charge in [-0.05, 0) is 36.5 Å². The van der Waals surface area contributed by atoms with E-state index in [4.69, 9.17) is 9.84 Å². The number of methoxy groups -OCH3 is 1. The van der Waals surface area contributed by atoms with Gasteiger partial charge in [0.25, 0.3) is 0 Å². The minimum absolute atomic E-state index is 0.190. The fourth-order valence-electron chi connectivity index (χ4n) is 2.81. The van der Waals surface area contributed by atoms with Crippen LogP contribution in [-0.2, 0) is 17.7 Å². The Kier molecular flexibility index (Phi) is 5.83. The molecule has 112 valence electrons. The number of benzene rings is 1. The number of ether oxygens (including phenoxy) is 1. The molecule has 1 heterocycles. The van der Waals surface area contributed by atoms with Crippen molar-refractivity contribution in [2.24, 2.45) is 0 Å². The number of aryl methyl sites for hydroxylation is 1. The molecule has 0 saturated heterocycles. The minimum Gasteiger partial charge on any atom is -0.396 e. The first-order valence-corrected chi connectivity index (χ1v) is 7.40. The van der Waals surface area contributed by atoms with Gasteiger partial charge in [0.05, 0.1) is 6.61 Å². The number of aliphatic hydroxyl groups excluding tert-OH is 1. The number of fused-ring (bicyclic) bond motifs is 1. The van der Waals surface area contributed by atoms with Crippen LogP contribution < -0.4 is 10.2 Å². The zero-order valence-electron chi connectivity index (χ0n) is 12.6.